The van der Waals surface area contributed by atoms with E-state index in [0.29, 0.717) is 0 Å². The Bertz CT molecular complexity index is 3590. The summed E-state index contributed by atoms with van der Waals surface area (Å²) in [6.07, 6.45) is 7.02. The monoisotopic (exact) mass is 684 g/mol. The van der Waals surface area contributed by atoms with Crippen molar-refractivity contribution >= 4 is 59.9 Å². The van der Waals surface area contributed by atoms with Crippen LogP contribution in [-0.4, -0.2) is 8.97 Å². The Labute approximate surface area is 308 Å². The molecular weight excluding hydrogens is 657 g/mol. The lowest BCUT2D eigenvalue weighted by Crippen LogP contribution is -2.76. The molecule has 2 aliphatic heterocycles. The van der Waals surface area contributed by atoms with Crippen LogP contribution in [0.5, 0.6) is 0 Å². The Morgan fingerprint density at radius 1 is 0.463 bits per heavy atom. The molecule has 4 nitrogen and oxygen atoms in total. The van der Waals surface area contributed by atoms with Crippen LogP contribution >= 0.6 is 0 Å². The molecule has 4 aromatic heterocycles. The number of para-hydroxylation sites is 1. The van der Waals surface area contributed by atoms with Crippen LogP contribution in [0.4, 0.5) is 0 Å². The van der Waals surface area contributed by atoms with E-state index < -0.39 is 11.1 Å². The van der Waals surface area contributed by atoms with Crippen molar-refractivity contribution in [2.24, 2.45) is 0 Å². The molecule has 1 unspecified atom stereocenters. The second kappa shape index (κ2) is 8.43. The fourth-order valence-corrected chi connectivity index (χ4v) is 12.0. The predicted octanol–water partition coefficient (Wildman–Crippen LogP) is 9.67. The van der Waals surface area contributed by atoms with Gasteiger partial charge in [0, 0.05) is 27.6 Å². The van der Waals surface area contributed by atoms with Crippen molar-refractivity contribution in [2.45, 2.75) is 11.1 Å². The number of rotatable bonds is 0. The van der Waals surface area contributed by atoms with Gasteiger partial charge in [-0.15, -0.1) is 0 Å². The lowest BCUT2D eigenvalue weighted by atomic mass is 9.58. The first-order valence-corrected chi connectivity index (χ1v) is 18.9. The van der Waals surface area contributed by atoms with Gasteiger partial charge in [0.2, 0.25) is 0 Å². The third-order valence-electron chi connectivity index (χ3n) is 13.7. The maximum absolute atomic E-state index is 2.63. The number of pyridine rings is 2. The summed E-state index contributed by atoms with van der Waals surface area (Å²) in [4.78, 5) is 0. The molecule has 0 N–H and O–H groups in total. The Morgan fingerprint density at radius 3 is 1.98 bits per heavy atom. The summed E-state index contributed by atoms with van der Waals surface area (Å²) in [5.41, 5.74) is 14.7. The molecule has 2 aliphatic carbocycles. The van der Waals surface area contributed by atoms with E-state index in [1.165, 1.54) is 110 Å². The molecule has 1 atom stereocenters. The summed E-state index contributed by atoms with van der Waals surface area (Å²) in [6, 6.07) is 57.6. The molecule has 0 amide bonds. The lowest BCUT2D eigenvalue weighted by Gasteiger charge is -2.45. The van der Waals surface area contributed by atoms with E-state index in [2.05, 4.69) is 188 Å². The molecule has 7 aromatic carbocycles. The van der Waals surface area contributed by atoms with Crippen molar-refractivity contribution in [3.63, 3.8) is 0 Å². The second-order valence-electron chi connectivity index (χ2n) is 15.7. The maximum atomic E-state index is 2.63. The molecule has 2 spiro atoms. The van der Waals surface area contributed by atoms with Crippen LogP contribution in [0.3, 0.4) is 0 Å². The first-order valence-electron chi connectivity index (χ1n) is 18.9. The molecule has 0 bridgehead atoms. The van der Waals surface area contributed by atoms with Crippen LogP contribution in [0, 0.1) is 0 Å². The van der Waals surface area contributed by atoms with Gasteiger partial charge in [0.05, 0.1) is 22.6 Å². The van der Waals surface area contributed by atoms with E-state index >= 15 is 0 Å². The van der Waals surface area contributed by atoms with E-state index in [4.69, 9.17) is 0 Å². The van der Waals surface area contributed by atoms with E-state index in [1.54, 1.807) is 0 Å². The van der Waals surface area contributed by atoms with Gasteiger partial charge in [-0.25, -0.2) is 0 Å². The summed E-state index contributed by atoms with van der Waals surface area (Å²) in [7, 11) is 0. The fourth-order valence-electron chi connectivity index (χ4n) is 12.0. The van der Waals surface area contributed by atoms with Crippen LogP contribution in [-0.2, 0) is 11.1 Å². The Morgan fingerprint density at radius 2 is 1.15 bits per heavy atom. The summed E-state index contributed by atoms with van der Waals surface area (Å²) in [6.45, 7) is 0. The van der Waals surface area contributed by atoms with Gasteiger partial charge in [-0.05, 0) is 80.6 Å². The van der Waals surface area contributed by atoms with Gasteiger partial charge in [0.15, 0.2) is 5.52 Å². The van der Waals surface area contributed by atoms with E-state index in [1.807, 2.05) is 0 Å². The van der Waals surface area contributed by atoms with Crippen molar-refractivity contribution in [2.75, 3.05) is 0 Å². The van der Waals surface area contributed by atoms with Gasteiger partial charge in [0.1, 0.15) is 29.0 Å². The van der Waals surface area contributed by atoms with Crippen molar-refractivity contribution in [1.29, 1.82) is 0 Å². The number of hydrogen-bond donors (Lipinski definition) is 0. The second-order valence-corrected chi connectivity index (χ2v) is 15.7. The molecule has 6 heterocycles. The standard InChI is InChI=1S/C50H28N4/c1-2-12-30-28-42-36(27-29(30)11-1)34-20-22-39-45-44(34)48-51(42)25-26-53(48)50(45)46-40(49(39)37-16-6-3-13-31(37)32-14-4-7-17-38(32)49)23-21-35-33-15-5-8-18-41(33)54(47(35)46)43-19-9-10-24-52(43)50/h1-28H/q+2. The maximum Gasteiger partial charge on any atom is 0.311 e. The van der Waals surface area contributed by atoms with Crippen LogP contribution in [0.1, 0.15) is 33.4 Å². The van der Waals surface area contributed by atoms with E-state index in [-0.39, 0.29) is 0 Å². The average molecular weight is 685 g/mol. The van der Waals surface area contributed by atoms with Gasteiger partial charge < -0.3 is 0 Å². The lowest BCUT2D eigenvalue weighted by molar-refractivity contribution is -0.956. The Kier molecular flexibility index (Phi) is 4.17. The first kappa shape index (κ1) is 26.7. The highest BCUT2D eigenvalue weighted by molar-refractivity contribution is 6.18. The van der Waals surface area contributed by atoms with Gasteiger partial charge in [-0.1, -0.05) is 109 Å². The van der Waals surface area contributed by atoms with Crippen molar-refractivity contribution in [3.8, 4) is 16.9 Å². The quantitative estimate of drug-likeness (QED) is 0.0860. The third kappa shape index (κ3) is 2.49. The van der Waals surface area contributed by atoms with Crippen molar-refractivity contribution in [1.82, 2.24) is 8.97 Å². The molecule has 54 heavy (non-hydrogen) atoms. The zero-order chi connectivity index (χ0) is 34.7. The number of nitrogens with zero attached hydrogens (tertiary/aromatic N) is 4. The highest BCUT2D eigenvalue weighted by Crippen LogP contribution is 2.65. The molecule has 0 saturated carbocycles. The van der Waals surface area contributed by atoms with E-state index in [9.17, 15) is 0 Å². The van der Waals surface area contributed by atoms with Crippen LogP contribution < -0.4 is 9.13 Å². The molecule has 0 saturated heterocycles. The van der Waals surface area contributed by atoms with Crippen LogP contribution in [0.25, 0.3) is 76.8 Å². The molecule has 246 valence electrons. The fraction of sp³-hybridized carbons (Fsp3) is 0.0400. The van der Waals surface area contributed by atoms with E-state index in [0.717, 1.165) is 0 Å². The number of imidazole rings is 1. The molecule has 0 radical (unpaired) electrons. The Hall–Kier alpha value is -7.04. The first-order chi connectivity index (χ1) is 26.8. The Balaban J connectivity index is 1.28. The normalized spacial score (nSPS) is 17.5. The summed E-state index contributed by atoms with van der Waals surface area (Å²) < 4.78 is 10.3. The van der Waals surface area contributed by atoms with Gasteiger partial charge in [-0.2, -0.15) is 18.1 Å². The van der Waals surface area contributed by atoms with Gasteiger partial charge >= 0.3 is 5.66 Å². The molecular formula is C50H28N4+2. The molecule has 15 rings (SSSR count). The summed E-state index contributed by atoms with van der Waals surface area (Å²) >= 11 is 0. The topological polar surface area (TPSA) is 17.1 Å². The largest absolute Gasteiger partial charge is 0.311 e. The minimum absolute atomic E-state index is 0.517. The van der Waals surface area contributed by atoms with Crippen LogP contribution in [0.15, 0.2) is 170 Å². The van der Waals surface area contributed by atoms with Crippen molar-refractivity contribution < 1.29 is 9.13 Å². The zero-order valence-corrected chi connectivity index (χ0v) is 29.0. The molecule has 4 heteroatoms. The highest BCUT2D eigenvalue weighted by atomic mass is 15.4. The number of aromatic nitrogens is 4. The minimum atomic E-state index is -0.670. The molecule has 11 aromatic rings. The highest BCUT2D eigenvalue weighted by Gasteiger charge is 2.68. The SMILES string of the molecule is c1ccc2c(c1)-c1ccccc1C21c2ccc3c4cc5ccccc5cc4n4cc[n+]5c4c3c2C52c3c1ccc1c4ccccc4n(c31)-c1cccc[n+]12. The zero-order valence-electron chi connectivity index (χ0n) is 29.0. The van der Waals surface area contributed by atoms with Crippen LogP contribution in [0.2, 0.25) is 0 Å². The number of hydrogen-bond acceptors (Lipinski definition) is 0. The summed E-state index contributed by atoms with van der Waals surface area (Å²) in [5.74, 6) is 1.18. The third-order valence-corrected chi connectivity index (χ3v) is 13.7. The average Bonchev–Trinajstić information content (AvgIpc) is 3.97. The summed E-state index contributed by atoms with van der Waals surface area (Å²) in [5, 5.41) is 9.04. The minimum Gasteiger partial charge on any atom is -0.195 e. The number of fused-ring (bicyclic) bond motifs is 16. The smallest absolute Gasteiger partial charge is 0.195 e. The van der Waals surface area contributed by atoms with Gasteiger partial charge in [0.25, 0.3) is 11.5 Å². The van der Waals surface area contributed by atoms with Crippen molar-refractivity contribution in [3.05, 3.63) is 204 Å². The molecule has 4 aliphatic rings. The van der Waals surface area contributed by atoms with Gasteiger partial charge in [-0.3, -0.25) is 0 Å². The number of benzene rings is 7. The molecule has 0 fully saturated rings. The predicted molar refractivity (Wildman–Crippen MR) is 214 cm³/mol.